The van der Waals surface area contributed by atoms with Crippen molar-refractivity contribution < 1.29 is 5.11 Å². The monoisotopic (exact) mass is 295 g/mol. The van der Waals surface area contributed by atoms with Gasteiger partial charge >= 0.3 is 0 Å². The molecule has 1 aromatic rings. The van der Waals surface area contributed by atoms with Crippen molar-refractivity contribution in [2.24, 2.45) is 17.1 Å². The van der Waals surface area contributed by atoms with Crippen LogP contribution in [0.5, 0.6) is 0 Å². The van der Waals surface area contributed by atoms with Gasteiger partial charge in [0, 0.05) is 17.0 Å². The van der Waals surface area contributed by atoms with Crippen LogP contribution in [0.4, 0.5) is 0 Å². The standard InChI is InChI=1S/C17H26ClNO/c1-3-13-6-5-9-17(11-13,12-19)16(2,20)14-7-4-8-15(18)10-14/h4,7-8,10,13,20H,3,5-6,9,11-12,19H2,1-2H3. The normalized spacial score (nSPS) is 29.9. The molecule has 2 nitrogen and oxygen atoms in total. The predicted molar refractivity (Wildman–Crippen MR) is 84.8 cm³/mol. The van der Waals surface area contributed by atoms with E-state index in [0.29, 0.717) is 17.5 Å². The Hall–Kier alpha value is -0.570. The van der Waals surface area contributed by atoms with Crippen molar-refractivity contribution in [3.8, 4) is 0 Å². The van der Waals surface area contributed by atoms with Crippen molar-refractivity contribution in [1.82, 2.24) is 0 Å². The van der Waals surface area contributed by atoms with Crippen LogP contribution in [-0.4, -0.2) is 11.7 Å². The maximum Gasteiger partial charge on any atom is 0.0937 e. The lowest BCUT2D eigenvalue weighted by Gasteiger charge is -2.50. The molecule has 0 heterocycles. The average Bonchev–Trinajstić information content (AvgIpc) is 2.47. The van der Waals surface area contributed by atoms with E-state index in [2.05, 4.69) is 6.92 Å². The van der Waals surface area contributed by atoms with Crippen LogP contribution in [0.3, 0.4) is 0 Å². The first-order chi connectivity index (χ1) is 9.45. The molecular formula is C17H26ClNO. The van der Waals surface area contributed by atoms with Crippen molar-refractivity contribution >= 4 is 11.6 Å². The van der Waals surface area contributed by atoms with Gasteiger partial charge in [0.1, 0.15) is 0 Å². The van der Waals surface area contributed by atoms with Crippen molar-refractivity contribution in [2.45, 2.75) is 51.6 Å². The van der Waals surface area contributed by atoms with Crippen molar-refractivity contribution in [2.75, 3.05) is 6.54 Å². The van der Waals surface area contributed by atoms with Crippen LogP contribution in [-0.2, 0) is 5.60 Å². The highest BCUT2D eigenvalue weighted by molar-refractivity contribution is 6.30. The van der Waals surface area contributed by atoms with Crippen LogP contribution in [0.2, 0.25) is 5.02 Å². The van der Waals surface area contributed by atoms with E-state index in [4.69, 9.17) is 17.3 Å². The summed E-state index contributed by atoms with van der Waals surface area (Å²) in [4.78, 5) is 0. The van der Waals surface area contributed by atoms with E-state index in [0.717, 1.165) is 31.2 Å². The summed E-state index contributed by atoms with van der Waals surface area (Å²) < 4.78 is 0. The molecule has 3 unspecified atom stereocenters. The third-order valence-electron chi connectivity index (χ3n) is 5.33. The molecule has 0 amide bonds. The van der Waals surface area contributed by atoms with Gasteiger partial charge < -0.3 is 10.8 Å². The second-order valence-electron chi connectivity index (χ2n) is 6.44. The van der Waals surface area contributed by atoms with E-state index in [-0.39, 0.29) is 5.41 Å². The molecule has 112 valence electrons. The van der Waals surface area contributed by atoms with Gasteiger partial charge in [-0.3, -0.25) is 0 Å². The molecule has 3 heteroatoms. The average molecular weight is 296 g/mol. The topological polar surface area (TPSA) is 46.2 Å². The summed E-state index contributed by atoms with van der Waals surface area (Å²) in [6, 6.07) is 7.57. The molecule has 0 radical (unpaired) electrons. The fraction of sp³-hybridized carbons (Fsp3) is 0.647. The maximum atomic E-state index is 11.3. The molecule has 1 saturated carbocycles. The predicted octanol–water partition coefficient (Wildman–Crippen LogP) is 4.09. The quantitative estimate of drug-likeness (QED) is 0.879. The Morgan fingerprint density at radius 2 is 2.25 bits per heavy atom. The maximum absolute atomic E-state index is 11.3. The number of hydrogen-bond acceptors (Lipinski definition) is 2. The van der Waals surface area contributed by atoms with E-state index in [1.807, 2.05) is 31.2 Å². The first-order valence-corrected chi connectivity index (χ1v) is 8.01. The van der Waals surface area contributed by atoms with Crippen LogP contribution in [0.15, 0.2) is 24.3 Å². The molecular weight excluding hydrogens is 270 g/mol. The van der Waals surface area contributed by atoms with E-state index >= 15 is 0 Å². The highest BCUT2D eigenvalue weighted by Crippen LogP contribution is 2.51. The van der Waals surface area contributed by atoms with Gasteiger partial charge in [-0.1, -0.05) is 49.9 Å². The lowest BCUT2D eigenvalue weighted by Crippen LogP contribution is -2.51. The summed E-state index contributed by atoms with van der Waals surface area (Å²) in [5.74, 6) is 0.665. The van der Waals surface area contributed by atoms with Crippen molar-refractivity contribution in [3.05, 3.63) is 34.9 Å². The zero-order chi connectivity index (χ0) is 14.8. The Morgan fingerprint density at radius 3 is 2.85 bits per heavy atom. The van der Waals surface area contributed by atoms with E-state index < -0.39 is 5.60 Å². The van der Waals surface area contributed by atoms with Gasteiger partial charge in [-0.2, -0.15) is 0 Å². The van der Waals surface area contributed by atoms with E-state index in [1.165, 1.54) is 6.42 Å². The van der Waals surface area contributed by atoms with Crippen LogP contribution < -0.4 is 5.73 Å². The second-order valence-corrected chi connectivity index (χ2v) is 6.87. The molecule has 20 heavy (non-hydrogen) atoms. The molecule has 1 fully saturated rings. The van der Waals surface area contributed by atoms with Crippen molar-refractivity contribution in [1.29, 1.82) is 0 Å². The molecule has 0 aliphatic heterocycles. The molecule has 2 rings (SSSR count). The summed E-state index contributed by atoms with van der Waals surface area (Å²) >= 11 is 6.09. The molecule has 3 N–H and O–H groups in total. The first-order valence-electron chi connectivity index (χ1n) is 7.63. The molecule has 1 aromatic carbocycles. The Morgan fingerprint density at radius 1 is 1.50 bits per heavy atom. The summed E-state index contributed by atoms with van der Waals surface area (Å²) in [7, 11) is 0. The molecule has 0 spiro atoms. The van der Waals surface area contributed by atoms with E-state index in [9.17, 15) is 5.11 Å². The molecule has 0 bridgehead atoms. The number of nitrogens with two attached hydrogens (primary N) is 1. The third kappa shape index (κ3) is 2.74. The molecule has 3 atom stereocenters. The Bertz CT molecular complexity index is 460. The highest BCUT2D eigenvalue weighted by Gasteiger charge is 2.49. The number of halogens is 1. The third-order valence-corrected chi connectivity index (χ3v) is 5.57. The Balaban J connectivity index is 2.38. The van der Waals surface area contributed by atoms with Gasteiger partial charge in [-0.05, 0) is 43.4 Å². The Labute approximate surface area is 127 Å². The lowest BCUT2D eigenvalue weighted by atomic mass is 9.59. The Kier molecular flexibility index (Phi) is 4.78. The second kappa shape index (κ2) is 6.05. The zero-order valence-corrected chi connectivity index (χ0v) is 13.3. The van der Waals surface area contributed by atoms with Gasteiger partial charge in [0.2, 0.25) is 0 Å². The van der Waals surface area contributed by atoms with E-state index in [1.54, 1.807) is 0 Å². The summed E-state index contributed by atoms with van der Waals surface area (Å²) in [5, 5.41) is 11.9. The van der Waals surface area contributed by atoms with Gasteiger partial charge in [0.15, 0.2) is 0 Å². The smallest absolute Gasteiger partial charge is 0.0937 e. The number of aliphatic hydroxyl groups is 1. The number of rotatable bonds is 4. The zero-order valence-electron chi connectivity index (χ0n) is 12.5. The van der Waals surface area contributed by atoms with Gasteiger partial charge in [0.05, 0.1) is 5.60 Å². The minimum atomic E-state index is -0.930. The van der Waals surface area contributed by atoms with Crippen LogP contribution >= 0.6 is 11.6 Å². The molecule has 1 aliphatic rings. The van der Waals surface area contributed by atoms with Gasteiger partial charge in [-0.25, -0.2) is 0 Å². The minimum absolute atomic E-state index is 0.239. The first kappa shape index (κ1) is 15.8. The SMILES string of the molecule is CCC1CCCC(CN)(C(C)(O)c2cccc(Cl)c2)C1. The van der Waals surface area contributed by atoms with Crippen LogP contribution in [0.1, 0.15) is 51.5 Å². The van der Waals surface area contributed by atoms with Gasteiger partial charge in [-0.15, -0.1) is 0 Å². The highest BCUT2D eigenvalue weighted by atomic mass is 35.5. The summed E-state index contributed by atoms with van der Waals surface area (Å²) in [6.07, 6.45) is 5.54. The minimum Gasteiger partial charge on any atom is -0.385 e. The van der Waals surface area contributed by atoms with Gasteiger partial charge in [0.25, 0.3) is 0 Å². The van der Waals surface area contributed by atoms with Crippen LogP contribution in [0.25, 0.3) is 0 Å². The molecule has 1 aliphatic carbocycles. The summed E-state index contributed by atoms with van der Waals surface area (Å²) in [6.45, 7) is 4.65. The fourth-order valence-corrected chi connectivity index (χ4v) is 3.95. The molecule has 0 saturated heterocycles. The van der Waals surface area contributed by atoms with Crippen molar-refractivity contribution in [3.63, 3.8) is 0 Å². The fourth-order valence-electron chi connectivity index (χ4n) is 3.76. The summed E-state index contributed by atoms with van der Waals surface area (Å²) in [5.41, 5.74) is 5.84. The largest absolute Gasteiger partial charge is 0.385 e. The molecule has 0 aromatic heterocycles. The lowest BCUT2D eigenvalue weighted by molar-refractivity contribution is -0.102. The van der Waals surface area contributed by atoms with Crippen LogP contribution in [0, 0.1) is 11.3 Å². The number of benzene rings is 1. The number of hydrogen-bond donors (Lipinski definition) is 2.